The second kappa shape index (κ2) is 5.94. The van der Waals surface area contributed by atoms with E-state index in [0.29, 0.717) is 11.3 Å². The summed E-state index contributed by atoms with van der Waals surface area (Å²) in [6, 6.07) is 10.6. The maximum Gasteiger partial charge on any atom is 0.270 e. The smallest absolute Gasteiger partial charge is 0.270 e. The number of nitro benzene ring substituents is 1. The van der Waals surface area contributed by atoms with Gasteiger partial charge in [0.15, 0.2) is 0 Å². The van der Waals surface area contributed by atoms with Crippen LogP contribution in [-0.2, 0) is 6.61 Å². The van der Waals surface area contributed by atoms with Gasteiger partial charge in [-0.05, 0) is 23.8 Å². The van der Waals surface area contributed by atoms with Gasteiger partial charge in [-0.3, -0.25) is 15.1 Å². The molecule has 0 heterocycles. The molecule has 6 heteroatoms. The number of nitro groups is 1. The molecule has 2 rings (SSSR count). The molecule has 0 fully saturated rings. The maximum absolute atomic E-state index is 10.7. The van der Waals surface area contributed by atoms with Crippen LogP contribution in [0.4, 0.5) is 11.4 Å². The van der Waals surface area contributed by atoms with Gasteiger partial charge >= 0.3 is 0 Å². The molecule has 0 aromatic heterocycles. The van der Waals surface area contributed by atoms with Crippen molar-refractivity contribution in [2.75, 3.05) is 0 Å². The molecule has 0 bridgehead atoms. The monoisotopic (exact) mass is 272 g/mol. The topological polar surface area (TPSA) is 96.0 Å². The fourth-order valence-corrected chi connectivity index (χ4v) is 1.64. The number of aliphatic hydroxyl groups is 1. The number of aliphatic imine (C=N–C) groups is 1. The zero-order chi connectivity index (χ0) is 14.5. The lowest BCUT2D eigenvalue weighted by atomic mass is 10.2. The number of nitrogens with zero attached hydrogens (tertiary/aromatic N) is 2. The van der Waals surface area contributed by atoms with Gasteiger partial charge in [0.2, 0.25) is 0 Å². The standard InChI is InChI=1S/C14H12N2O4/c17-9-10-2-1-3-12(6-10)15-8-11-7-13(16(19)20)4-5-14(11)18/h1-8,17-18H,9H2/b15-8+. The molecular weight excluding hydrogens is 260 g/mol. The highest BCUT2D eigenvalue weighted by molar-refractivity contribution is 5.86. The summed E-state index contributed by atoms with van der Waals surface area (Å²) in [7, 11) is 0. The minimum atomic E-state index is -0.539. The third-order valence-electron chi connectivity index (χ3n) is 2.67. The molecule has 2 aromatic carbocycles. The number of hydrogen-bond acceptors (Lipinski definition) is 5. The second-order valence-electron chi connectivity index (χ2n) is 4.09. The summed E-state index contributed by atoms with van der Waals surface area (Å²) in [5.41, 5.74) is 1.44. The van der Waals surface area contributed by atoms with Crippen molar-refractivity contribution in [3.63, 3.8) is 0 Å². The van der Waals surface area contributed by atoms with Crippen molar-refractivity contribution in [1.29, 1.82) is 0 Å². The normalized spacial score (nSPS) is 10.8. The molecule has 0 amide bonds. The molecule has 0 radical (unpaired) electrons. The summed E-state index contributed by atoms with van der Waals surface area (Å²) < 4.78 is 0. The summed E-state index contributed by atoms with van der Waals surface area (Å²) in [4.78, 5) is 14.3. The van der Waals surface area contributed by atoms with E-state index in [1.165, 1.54) is 24.4 Å². The van der Waals surface area contributed by atoms with Crippen LogP contribution in [0.15, 0.2) is 47.5 Å². The average molecular weight is 272 g/mol. The molecule has 0 spiro atoms. The van der Waals surface area contributed by atoms with Crippen LogP contribution in [-0.4, -0.2) is 21.4 Å². The van der Waals surface area contributed by atoms with E-state index < -0.39 is 4.92 Å². The summed E-state index contributed by atoms with van der Waals surface area (Å²) >= 11 is 0. The summed E-state index contributed by atoms with van der Waals surface area (Å²) in [5.74, 6) is -0.0855. The van der Waals surface area contributed by atoms with E-state index in [1.54, 1.807) is 24.3 Å². The third kappa shape index (κ3) is 3.18. The number of hydrogen-bond donors (Lipinski definition) is 2. The van der Waals surface area contributed by atoms with Gasteiger partial charge in [0.05, 0.1) is 17.2 Å². The largest absolute Gasteiger partial charge is 0.507 e. The Kier molecular flexibility index (Phi) is 4.07. The number of phenols is 1. The van der Waals surface area contributed by atoms with Crippen molar-refractivity contribution in [2.45, 2.75) is 6.61 Å². The van der Waals surface area contributed by atoms with Crippen LogP contribution in [0.2, 0.25) is 0 Å². The summed E-state index contributed by atoms with van der Waals surface area (Å²) in [6.07, 6.45) is 1.35. The predicted octanol–water partition coefficient (Wildman–Crippen LogP) is 2.54. The average Bonchev–Trinajstić information content (AvgIpc) is 2.46. The molecule has 102 valence electrons. The third-order valence-corrected chi connectivity index (χ3v) is 2.67. The van der Waals surface area contributed by atoms with E-state index in [0.717, 1.165) is 0 Å². The first-order valence-electron chi connectivity index (χ1n) is 5.81. The quantitative estimate of drug-likeness (QED) is 0.508. The van der Waals surface area contributed by atoms with Crippen molar-refractivity contribution in [2.24, 2.45) is 4.99 Å². The number of aliphatic hydroxyl groups excluding tert-OH is 1. The van der Waals surface area contributed by atoms with Crippen molar-refractivity contribution in [1.82, 2.24) is 0 Å². The van der Waals surface area contributed by atoms with E-state index in [4.69, 9.17) is 5.11 Å². The first-order valence-corrected chi connectivity index (χ1v) is 5.81. The molecule has 0 aliphatic heterocycles. The molecule has 0 aliphatic carbocycles. The van der Waals surface area contributed by atoms with Gasteiger partial charge in [-0.2, -0.15) is 0 Å². The first kappa shape index (κ1) is 13.7. The number of rotatable bonds is 4. The Morgan fingerprint density at radius 2 is 2.05 bits per heavy atom. The fourth-order valence-electron chi connectivity index (χ4n) is 1.64. The molecule has 0 aliphatic rings. The molecule has 0 saturated heterocycles. The molecule has 0 atom stereocenters. The highest BCUT2D eigenvalue weighted by Crippen LogP contribution is 2.22. The molecular formula is C14H12N2O4. The molecule has 0 saturated carbocycles. The molecule has 6 nitrogen and oxygen atoms in total. The van der Waals surface area contributed by atoms with E-state index in [2.05, 4.69) is 4.99 Å². The van der Waals surface area contributed by atoms with Crippen LogP contribution < -0.4 is 0 Å². The van der Waals surface area contributed by atoms with Crippen molar-refractivity contribution >= 4 is 17.6 Å². The summed E-state index contributed by atoms with van der Waals surface area (Å²) in [5, 5.41) is 29.3. The zero-order valence-electron chi connectivity index (χ0n) is 10.4. The van der Waals surface area contributed by atoms with E-state index in [-0.39, 0.29) is 23.6 Å². The minimum absolute atomic E-state index is 0.0855. The number of benzene rings is 2. The maximum atomic E-state index is 10.7. The second-order valence-corrected chi connectivity index (χ2v) is 4.09. The Hall–Kier alpha value is -2.73. The highest BCUT2D eigenvalue weighted by Gasteiger charge is 2.08. The zero-order valence-corrected chi connectivity index (χ0v) is 10.4. The Morgan fingerprint density at radius 3 is 2.75 bits per heavy atom. The summed E-state index contributed by atoms with van der Waals surface area (Å²) in [6.45, 7) is -0.0918. The van der Waals surface area contributed by atoms with E-state index in [1.807, 2.05) is 0 Å². The van der Waals surface area contributed by atoms with E-state index in [9.17, 15) is 15.2 Å². The van der Waals surface area contributed by atoms with Crippen LogP contribution in [0.1, 0.15) is 11.1 Å². The van der Waals surface area contributed by atoms with Gasteiger partial charge in [-0.15, -0.1) is 0 Å². The molecule has 0 unspecified atom stereocenters. The lowest BCUT2D eigenvalue weighted by Crippen LogP contribution is -1.90. The van der Waals surface area contributed by atoms with Crippen LogP contribution in [0.3, 0.4) is 0 Å². The van der Waals surface area contributed by atoms with E-state index >= 15 is 0 Å². The molecule has 2 aromatic rings. The Morgan fingerprint density at radius 1 is 1.25 bits per heavy atom. The number of phenolic OH excluding ortho intramolecular Hbond substituents is 1. The van der Waals surface area contributed by atoms with Gasteiger partial charge in [-0.1, -0.05) is 12.1 Å². The Labute approximate surface area is 114 Å². The molecule has 2 N–H and O–H groups in total. The number of non-ortho nitro benzene ring substituents is 1. The predicted molar refractivity (Wildman–Crippen MR) is 74.4 cm³/mol. The van der Waals surface area contributed by atoms with Crippen LogP contribution in [0.5, 0.6) is 5.75 Å². The van der Waals surface area contributed by atoms with Crippen LogP contribution >= 0.6 is 0 Å². The van der Waals surface area contributed by atoms with Gasteiger partial charge in [0, 0.05) is 23.9 Å². The highest BCUT2D eigenvalue weighted by atomic mass is 16.6. The lowest BCUT2D eigenvalue weighted by molar-refractivity contribution is -0.384. The van der Waals surface area contributed by atoms with Gasteiger partial charge in [0.1, 0.15) is 5.75 Å². The Bertz CT molecular complexity index is 668. The minimum Gasteiger partial charge on any atom is -0.507 e. The van der Waals surface area contributed by atoms with Gasteiger partial charge in [0.25, 0.3) is 5.69 Å². The van der Waals surface area contributed by atoms with Crippen molar-refractivity contribution in [3.8, 4) is 5.75 Å². The molecule has 20 heavy (non-hydrogen) atoms. The number of aromatic hydroxyl groups is 1. The Balaban J connectivity index is 2.30. The van der Waals surface area contributed by atoms with Gasteiger partial charge < -0.3 is 10.2 Å². The lowest BCUT2D eigenvalue weighted by Gasteiger charge is -2.00. The first-order chi connectivity index (χ1) is 9.60. The van der Waals surface area contributed by atoms with Crippen molar-refractivity contribution in [3.05, 3.63) is 63.7 Å². The van der Waals surface area contributed by atoms with Crippen LogP contribution in [0.25, 0.3) is 0 Å². The fraction of sp³-hybridized carbons (Fsp3) is 0.0714. The van der Waals surface area contributed by atoms with Crippen LogP contribution in [0, 0.1) is 10.1 Å². The van der Waals surface area contributed by atoms with Gasteiger partial charge in [-0.25, -0.2) is 0 Å². The van der Waals surface area contributed by atoms with Crippen molar-refractivity contribution < 1.29 is 15.1 Å². The SMILES string of the molecule is O=[N+]([O-])c1ccc(O)c(/C=N/c2cccc(CO)c2)c1.